The van der Waals surface area contributed by atoms with Crippen LogP contribution in [0.4, 0.5) is 0 Å². The lowest BCUT2D eigenvalue weighted by atomic mass is 10.00. The summed E-state index contributed by atoms with van der Waals surface area (Å²) in [4.78, 5) is 1.43. The van der Waals surface area contributed by atoms with Crippen molar-refractivity contribution in [3.8, 4) is 0 Å². The summed E-state index contributed by atoms with van der Waals surface area (Å²) in [6, 6.07) is 11.6. The standard InChI is InChI=1S/C17H20ClNS/c1-11(2)17(16-4-3-9-20-16)19-15-8-5-12-10-13(18)6-7-14(12)15/h3-4,6-7,9-11,15,17,19H,5,8H2,1-2H3. The number of fused-ring (bicyclic) bond motifs is 1. The molecule has 2 aromatic rings. The van der Waals surface area contributed by atoms with Crippen molar-refractivity contribution >= 4 is 22.9 Å². The minimum Gasteiger partial charge on any atom is -0.302 e. The monoisotopic (exact) mass is 305 g/mol. The SMILES string of the molecule is CC(C)C(NC1CCc2cc(Cl)ccc21)c1cccs1. The molecule has 0 saturated carbocycles. The molecule has 1 aromatic carbocycles. The molecule has 1 nitrogen and oxygen atoms in total. The Morgan fingerprint density at radius 2 is 2.15 bits per heavy atom. The van der Waals surface area contributed by atoms with Gasteiger partial charge in [0.15, 0.2) is 0 Å². The largest absolute Gasteiger partial charge is 0.302 e. The molecule has 1 N–H and O–H groups in total. The first-order chi connectivity index (χ1) is 9.65. The predicted molar refractivity (Wildman–Crippen MR) is 87.5 cm³/mol. The van der Waals surface area contributed by atoms with E-state index < -0.39 is 0 Å². The molecule has 0 radical (unpaired) electrons. The molecular weight excluding hydrogens is 286 g/mol. The topological polar surface area (TPSA) is 12.0 Å². The summed E-state index contributed by atoms with van der Waals surface area (Å²) < 4.78 is 0. The Balaban J connectivity index is 1.82. The number of aryl methyl sites for hydroxylation is 1. The highest BCUT2D eigenvalue weighted by molar-refractivity contribution is 7.10. The highest BCUT2D eigenvalue weighted by atomic mass is 35.5. The second-order valence-corrected chi connectivity index (χ2v) is 7.25. The summed E-state index contributed by atoms with van der Waals surface area (Å²) in [5, 5.41) is 6.87. The fourth-order valence-corrected chi connectivity index (χ4v) is 4.20. The highest BCUT2D eigenvalue weighted by Gasteiger charge is 2.27. The molecular formula is C17H20ClNS. The van der Waals surface area contributed by atoms with Crippen molar-refractivity contribution in [2.75, 3.05) is 0 Å². The average Bonchev–Trinajstić information content (AvgIpc) is 3.04. The first-order valence-electron chi connectivity index (χ1n) is 7.23. The van der Waals surface area contributed by atoms with Gasteiger partial charge >= 0.3 is 0 Å². The molecule has 2 unspecified atom stereocenters. The van der Waals surface area contributed by atoms with E-state index in [0.29, 0.717) is 18.0 Å². The molecule has 0 bridgehead atoms. The van der Waals surface area contributed by atoms with Crippen LogP contribution in [-0.2, 0) is 6.42 Å². The van der Waals surface area contributed by atoms with E-state index >= 15 is 0 Å². The smallest absolute Gasteiger partial charge is 0.0442 e. The van der Waals surface area contributed by atoms with Crippen LogP contribution in [0.3, 0.4) is 0 Å². The van der Waals surface area contributed by atoms with Gasteiger partial charge in [0.05, 0.1) is 0 Å². The fraction of sp³-hybridized carbons (Fsp3) is 0.412. The van der Waals surface area contributed by atoms with Crippen LogP contribution in [0.15, 0.2) is 35.7 Å². The molecule has 1 aromatic heterocycles. The van der Waals surface area contributed by atoms with Gasteiger partial charge in [-0.3, -0.25) is 0 Å². The molecule has 1 heterocycles. The number of halogens is 1. The van der Waals surface area contributed by atoms with Gasteiger partial charge in [-0.05, 0) is 53.5 Å². The number of thiophene rings is 1. The molecule has 3 rings (SSSR count). The second kappa shape index (κ2) is 5.88. The summed E-state index contributed by atoms with van der Waals surface area (Å²) in [6.07, 6.45) is 2.30. The maximum absolute atomic E-state index is 6.09. The quantitative estimate of drug-likeness (QED) is 0.800. The van der Waals surface area contributed by atoms with Crippen LogP contribution in [0.2, 0.25) is 5.02 Å². The Morgan fingerprint density at radius 1 is 1.30 bits per heavy atom. The summed E-state index contributed by atoms with van der Waals surface area (Å²) in [7, 11) is 0. The van der Waals surface area contributed by atoms with E-state index in [1.54, 1.807) is 0 Å². The van der Waals surface area contributed by atoms with Gasteiger partial charge in [0, 0.05) is 22.0 Å². The van der Waals surface area contributed by atoms with Gasteiger partial charge in [0.2, 0.25) is 0 Å². The predicted octanol–water partition coefficient (Wildman–Crippen LogP) is 5.38. The molecule has 0 fully saturated rings. The maximum atomic E-state index is 6.09. The number of hydrogen-bond acceptors (Lipinski definition) is 2. The Labute approximate surface area is 130 Å². The summed E-state index contributed by atoms with van der Waals surface area (Å²) in [6.45, 7) is 4.57. The van der Waals surface area contributed by atoms with Gasteiger partial charge < -0.3 is 5.32 Å². The number of nitrogens with one attached hydrogen (secondary N) is 1. The number of benzene rings is 1. The van der Waals surface area contributed by atoms with Crippen LogP contribution in [0, 0.1) is 5.92 Å². The van der Waals surface area contributed by atoms with Crippen LogP contribution in [0.1, 0.15) is 48.4 Å². The van der Waals surface area contributed by atoms with E-state index in [4.69, 9.17) is 11.6 Å². The lowest BCUT2D eigenvalue weighted by molar-refractivity contribution is 0.366. The number of hydrogen-bond donors (Lipinski definition) is 1. The first-order valence-corrected chi connectivity index (χ1v) is 8.48. The van der Waals surface area contributed by atoms with E-state index in [9.17, 15) is 0 Å². The summed E-state index contributed by atoms with van der Waals surface area (Å²) in [5.74, 6) is 0.588. The third-order valence-electron chi connectivity index (χ3n) is 4.08. The zero-order valence-corrected chi connectivity index (χ0v) is 13.5. The van der Waals surface area contributed by atoms with Crippen molar-refractivity contribution in [1.82, 2.24) is 5.32 Å². The lowest BCUT2D eigenvalue weighted by Crippen LogP contribution is -2.28. The van der Waals surface area contributed by atoms with Crippen LogP contribution in [0.5, 0.6) is 0 Å². The number of rotatable bonds is 4. The minimum absolute atomic E-state index is 0.432. The van der Waals surface area contributed by atoms with Gasteiger partial charge in [-0.1, -0.05) is 37.6 Å². The lowest BCUT2D eigenvalue weighted by Gasteiger charge is -2.26. The van der Waals surface area contributed by atoms with E-state index in [0.717, 1.165) is 11.4 Å². The van der Waals surface area contributed by atoms with E-state index in [1.165, 1.54) is 22.4 Å². The van der Waals surface area contributed by atoms with Crippen LogP contribution < -0.4 is 5.32 Å². The van der Waals surface area contributed by atoms with Crippen LogP contribution >= 0.6 is 22.9 Å². The zero-order chi connectivity index (χ0) is 14.1. The molecule has 3 heteroatoms. The van der Waals surface area contributed by atoms with Crippen LogP contribution in [-0.4, -0.2) is 0 Å². The Hall–Kier alpha value is -0.830. The maximum Gasteiger partial charge on any atom is 0.0442 e. The summed E-state index contributed by atoms with van der Waals surface area (Å²) >= 11 is 7.93. The Kier molecular flexibility index (Phi) is 4.16. The molecule has 106 valence electrons. The third-order valence-corrected chi connectivity index (χ3v) is 5.27. The van der Waals surface area contributed by atoms with Gasteiger partial charge in [0.1, 0.15) is 0 Å². The van der Waals surface area contributed by atoms with Crippen molar-refractivity contribution in [3.63, 3.8) is 0 Å². The Morgan fingerprint density at radius 3 is 2.85 bits per heavy atom. The van der Waals surface area contributed by atoms with E-state index in [-0.39, 0.29) is 0 Å². The van der Waals surface area contributed by atoms with Crippen molar-refractivity contribution in [3.05, 3.63) is 56.7 Å². The van der Waals surface area contributed by atoms with Crippen molar-refractivity contribution in [2.24, 2.45) is 5.92 Å². The van der Waals surface area contributed by atoms with Crippen LogP contribution in [0.25, 0.3) is 0 Å². The molecule has 1 aliphatic carbocycles. The minimum atomic E-state index is 0.432. The molecule has 0 spiro atoms. The average molecular weight is 306 g/mol. The normalized spacial score (nSPS) is 19.3. The van der Waals surface area contributed by atoms with E-state index in [2.05, 4.69) is 48.8 Å². The van der Waals surface area contributed by atoms with Crippen molar-refractivity contribution in [1.29, 1.82) is 0 Å². The first kappa shape index (κ1) is 14.1. The fourth-order valence-electron chi connectivity index (χ4n) is 3.05. The molecule has 20 heavy (non-hydrogen) atoms. The second-order valence-electron chi connectivity index (χ2n) is 5.84. The molecule has 0 aliphatic heterocycles. The summed E-state index contributed by atoms with van der Waals surface area (Å²) in [5.41, 5.74) is 2.83. The van der Waals surface area contributed by atoms with Gasteiger partial charge in [-0.15, -0.1) is 11.3 Å². The van der Waals surface area contributed by atoms with Crippen molar-refractivity contribution in [2.45, 2.75) is 38.8 Å². The molecule has 1 aliphatic rings. The van der Waals surface area contributed by atoms with Gasteiger partial charge in [0.25, 0.3) is 0 Å². The third kappa shape index (κ3) is 2.78. The van der Waals surface area contributed by atoms with Crippen molar-refractivity contribution < 1.29 is 0 Å². The molecule has 0 amide bonds. The molecule has 0 saturated heterocycles. The Bertz CT molecular complexity index is 577. The highest BCUT2D eigenvalue weighted by Crippen LogP contribution is 2.36. The van der Waals surface area contributed by atoms with Gasteiger partial charge in [-0.25, -0.2) is 0 Å². The van der Waals surface area contributed by atoms with E-state index in [1.807, 2.05) is 17.4 Å². The molecule has 2 atom stereocenters. The van der Waals surface area contributed by atoms with Gasteiger partial charge in [-0.2, -0.15) is 0 Å². The zero-order valence-electron chi connectivity index (χ0n) is 11.9.